The maximum Gasteiger partial charge on any atom is 0.124 e. The molecule has 1 heterocycles. The fourth-order valence-corrected chi connectivity index (χ4v) is 2.96. The lowest BCUT2D eigenvalue weighted by Gasteiger charge is -2.05. The van der Waals surface area contributed by atoms with Crippen molar-refractivity contribution < 1.29 is 4.39 Å². The molecule has 0 saturated heterocycles. The molecule has 0 N–H and O–H groups in total. The van der Waals surface area contributed by atoms with Gasteiger partial charge < -0.3 is 0 Å². The van der Waals surface area contributed by atoms with Crippen molar-refractivity contribution in [1.29, 1.82) is 5.26 Å². The molecule has 0 aliphatic rings. The number of rotatable bonds is 3. The van der Waals surface area contributed by atoms with Gasteiger partial charge in [-0.1, -0.05) is 18.2 Å². The van der Waals surface area contributed by atoms with Crippen molar-refractivity contribution in [3.63, 3.8) is 0 Å². The number of hydrogen-bond acceptors (Lipinski definition) is 4. The van der Waals surface area contributed by atoms with E-state index in [1.54, 1.807) is 6.07 Å². The normalized spacial score (nSPS) is 10.5. The highest BCUT2D eigenvalue weighted by molar-refractivity contribution is 7.98. The van der Waals surface area contributed by atoms with Gasteiger partial charge in [-0.15, -0.1) is 11.8 Å². The minimum atomic E-state index is -0.391. The van der Waals surface area contributed by atoms with E-state index in [0.717, 1.165) is 21.5 Å². The summed E-state index contributed by atoms with van der Waals surface area (Å²) in [5.74, 6) is 0.158. The SMILES string of the molecule is N#Cc1cc(F)cc(CSc2ncnc3ccccc23)c1. The van der Waals surface area contributed by atoms with Crippen LogP contribution in [-0.4, -0.2) is 9.97 Å². The van der Waals surface area contributed by atoms with Crippen LogP contribution in [0, 0.1) is 17.1 Å². The smallest absolute Gasteiger partial charge is 0.124 e. The first-order chi connectivity index (χ1) is 10.3. The molecule has 102 valence electrons. The maximum absolute atomic E-state index is 13.4. The summed E-state index contributed by atoms with van der Waals surface area (Å²) >= 11 is 1.50. The second-order valence-corrected chi connectivity index (χ2v) is 5.41. The van der Waals surface area contributed by atoms with Crippen LogP contribution in [0.15, 0.2) is 53.8 Å². The van der Waals surface area contributed by atoms with Crippen molar-refractivity contribution in [3.05, 3.63) is 65.7 Å². The van der Waals surface area contributed by atoms with Crippen LogP contribution in [0.2, 0.25) is 0 Å². The van der Waals surface area contributed by atoms with Crippen LogP contribution in [0.3, 0.4) is 0 Å². The van der Waals surface area contributed by atoms with E-state index in [0.29, 0.717) is 11.3 Å². The van der Waals surface area contributed by atoms with Crippen LogP contribution in [0.4, 0.5) is 4.39 Å². The zero-order valence-corrected chi connectivity index (χ0v) is 11.8. The number of benzene rings is 2. The largest absolute Gasteiger partial charge is 0.236 e. The van der Waals surface area contributed by atoms with Crippen molar-refractivity contribution >= 4 is 22.7 Å². The van der Waals surface area contributed by atoms with Crippen LogP contribution in [0.1, 0.15) is 11.1 Å². The summed E-state index contributed by atoms with van der Waals surface area (Å²) in [7, 11) is 0. The molecular weight excluding hydrogens is 285 g/mol. The Labute approximate surface area is 125 Å². The molecule has 0 bridgehead atoms. The van der Waals surface area contributed by atoms with Crippen LogP contribution >= 0.6 is 11.8 Å². The lowest BCUT2D eigenvalue weighted by molar-refractivity contribution is 0.626. The lowest BCUT2D eigenvalue weighted by Crippen LogP contribution is -1.89. The van der Waals surface area contributed by atoms with Gasteiger partial charge >= 0.3 is 0 Å². The topological polar surface area (TPSA) is 49.6 Å². The summed E-state index contributed by atoms with van der Waals surface area (Å²) < 4.78 is 13.4. The molecule has 3 aromatic rings. The molecule has 0 radical (unpaired) electrons. The number of halogens is 1. The van der Waals surface area contributed by atoms with Gasteiger partial charge in [0.25, 0.3) is 0 Å². The first-order valence-corrected chi connectivity index (χ1v) is 7.27. The standard InChI is InChI=1S/C16H10FN3S/c17-13-6-11(8-18)5-12(7-13)9-21-16-14-3-1-2-4-15(14)19-10-20-16/h1-7,10H,9H2. The number of fused-ring (bicyclic) bond motifs is 1. The molecule has 2 aromatic carbocycles. The lowest BCUT2D eigenvalue weighted by atomic mass is 10.1. The monoisotopic (exact) mass is 295 g/mol. The van der Waals surface area contributed by atoms with E-state index in [9.17, 15) is 4.39 Å². The molecule has 0 fully saturated rings. The first-order valence-electron chi connectivity index (χ1n) is 6.28. The third kappa shape index (κ3) is 3.01. The average molecular weight is 295 g/mol. The summed E-state index contributed by atoms with van der Waals surface area (Å²) in [6, 6.07) is 14.1. The highest BCUT2D eigenvalue weighted by Gasteiger charge is 2.06. The number of thioether (sulfide) groups is 1. The van der Waals surface area contributed by atoms with E-state index in [4.69, 9.17) is 5.26 Å². The minimum Gasteiger partial charge on any atom is -0.236 e. The van der Waals surface area contributed by atoms with Gasteiger partial charge in [0.05, 0.1) is 17.1 Å². The van der Waals surface area contributed by atoms with Gasteiger partial charge in [-0.05, 0) is 29.8 Å². The maximum atomic E-state index is 13.4. The van der Waals surface area contributed by atoms with Crippen molar-refractivity contribution in [2.45, 2.75) is 10.8 Å². The predicted molar refractivity (Wildman–Crippen MR) is 80.2 cm³/mol. The Hall–Kier alpha value is -2.45. The number of hydrogen-bond donors (Lipinski definition) is 0. The Kier molecular flexibility index (Phi) is 3.80. The van der Waals surface area contributed by atoms with Crippen LogP contribution < -0.4 is 0 Å². The molecular formula is C16H10FN3S. The van der Waals surface area contributed by atoms with Crippen molar-refractivity contribution in [2.75, 3.05) is 0 Å². The molecule has 0 atom stereocenters. The average Bonchev–Trinajstić information content (AvgIpc) is 2.52. The summed E-state index contributed by atoms with van der Waals surface area (Å²) in [4.78, 5) is 8.49. The zero-order chi connectivity index (χ0) is 14.7. The highest BCUT2D eigenvalue weighted by Crippen LogP contribution is 2.27. The Morgan fingerprint density at radius 2 is 2.00 bits per heavy atom. The first kappa shape index (κ1) is 13.5. The van der Waals surface area contributed by atoms with Crippen LogP contribution in [0.25, 0.3) is 10.9 Å². The van der Waals surface area contributed by atoms with E-state index in [1.165, 1.54) is 30.2 Å². The third-order valence-electron chi connectivity index (χ3n) is 2.97. The van der Waals surface area contributed by atoms with Gasteiger partial charge in [0.15, 0.2) is 0 Å². The predicted octanol–water partition coefficient (Wildman–Crippen LogP) is 3.93. The molecule has 0 aliphatic carbocycles. The Bertz CT molecular complexity index is 837. The van der Waals surface area contributed by atoms with Crippen molar-refractivity contribution in [2.24, 2.45) is 0 Å². The van der Waals surface area contributed by atoms with E-state index in [1.807, 2.05) is 30.3 Å². The van der Waals surface area contributed by atoms with E-state index in [-0.39, 0.29) is 0 Å². The molecule has 0 saturated carbocycles. The minimum absolute atomic E-state index is 0.332. The van der Waals surface area contributed by atoms with Crippen molar-refractivity contribution in [1.82, 2.24) is 9.97 Å². The fourth-order valence-electron chi connectivity index (χ4n) is 2.05. The molecule has 3 nitrogen and oxygen atoms in total. The molecule has 0 unspecified atom stereocenters. The van der Waals surface area contributed by atoms with E-state index < -0.39 is 5.82 Å². The van der Waals surface area contributed by atoms with Gasteiger partial charge in [-0.2, -0.15) is 5.26 Å². The zero-order valence-electron chi connectivity index (χ0n) is 11.0. The van der Waals surface area contributed by atoms with E-state index in [2.05, 4.69) is 9.97 Å². The molecule has 1 aromatic heterocycles. The molecule has 0 aliphatic heterocycles. The summed E-state index contributed by atoms with van der Waals surface area (Å²) in [5, 5.41) is 10.7. The highest BCUT2D eigenvalue weighted by atomic mass is 32.2. The van der Waals surface area contributed by atoms with Crippen molar-refractivity contribution in [3.8, 4) is 6.07 Å². The molecule has 3 rings (SSSR count). The van der Waals surface area contributed by atoms with Gasteiger partial charge in [-0.3, -0.25) is 0 Å². The third-order valence-corrected chi connectivity index (χ3v) is 4.04. The summed E-state index contributed by atoms with van der Waals surface area (Å²) in [5.41, 5.74) is 1.98. The Morgan fingerprint density at radius 3 is 2.86 bits per heavy atom. The fraction of sp³-hybridized carbons (Fsp3) is 0.0625. The van der Waals surface area contributed by atoms with Crippen LogP contribution in [-0.2, 0) is 5.75 Å². The number of nitrogens with zero attached hydrogens (tertiary/aromatic N) is 3. The summed E-state index contributed by atoms with van der Waals surface area (Å²) in [6.07, 6.45) is 1.52. The number of para-hydroxylation sites is 1. The van der Waals surface area contributed by atoms with Gasteiger partial charge in [0, 0.05) is 11.1 Å². The second kappa shape index (κ2) is 5.90. The number of aromatic nitrogens is 2. The molecule has 0 amide bonds. The van der Waals surface area contributed by atoms with Gasteiger partial charge in [0.1, 0.15) is 17.2 Å². The van der Waals surface area contributed by atoms with Gasteiger partial charge in [-0.25, -0.2) is 14.4 Å². The second-order valence-electron chi connectivity index (χ2n) is 4.44. The van der Waals surface area contributed by atoms with Gasteiger partial charge in [0.2, 0.25) is 0 Å². The molecule has 5 heteroatoms. The summed E-state index contributed by atoms with van der Waals surface area (Å²) in [6.45, 7) is 0. The molecule has 0 spiro atoms. The van der Waals surface area contributed by atoms with Crippen LogP contribution in [0.5, 0.6) is 0 Å². The quantitative estimate of drug-likeness (QED) is 0.542. The Morgan fingerprint density at radius 1 is 1.14 bits per heavy atom. The number of nitriles is 1. The molecule has 21 heavy (non-hydrogen) atoms. The van der Waals surface area contributed by atoms with E-state index >= 15 is 0 Å². The Balaban J connectivity index is 1.87.